The van der Waals surface area contributed by atoms with Gasteiger partial charge in [0.25, 0.3) is 0 Å². The van der Waals surface area contributed by atoms with Crippen molar-refractivity contribution in [3.63, 3.8) is 0 Å². The first-order valence-corrected chi connectivity index (χ1v) is 8.35. The fraction of sp³-hybridized carbons (Fsp3) is 0.462. The smallest absolute Gasteiger partial charge is 0.227 e. The SMILES string of the molecule is CSCCCCNc1ccccc1SCC(N)=O. The lowest BCUT2D eigenvalue weighted by molar-refractivity contribution is -0.115. The molecule has 1 aromatic rings. The van der Waals surface area contributed by atoms with E-state index in [-0.39, 0.29) is 5.91 Å². The number of hydrogen-bond donors (Lipinski definition) is 2. The average Bonchev–Trinajstić information content (AvgIpc) is 2.37. The minimum absolute atomic E-state index is 0.283. The van der Waals surface area contributed by atoms with Gasteiger partial charge in [-0.15, -0.1) is 11.8 Å². The van der Waals surface area contributed by atoms with Gasteiger partial charge >= 0.3 is 0 Å². The number of carbonyl (C=O) groups excluding carboxylic acids is 1. The number of carbonyl (C=O) groups is 1. The van der Waals surface area contributed by atoms with Gasteiger partial charge in [0.2, 0.25) is 5.91 Å². The summed E-state index contributed by atoms with van der Waals surface area (Å²) >= 11 is 3.36. The van der Waals surface area contributed by atoms with Crippen LogP contribution in [0, 0.1) is 0 Å². The van der Waals surface area contributed by atoms with Crippen LogP contribution in [0.4, 0.5) is 5.69 Å². The van der Waals surface area contributed by atoms with Gasteiger partial charge in [0, 0.05) is 17.1 Å². The fourth-order valence-corrected chi connectivity index (χ4v) is 2.74. The molecule has 100 valence electrons. The summed E-state index contributed by atoms with van der Waals surface area (Å²) < 4.78 is 0. The number of nitrogens with two attached hydrogens (primary N) is 1. The van der Waals surface area contributed by atoms with E-state index >= 15 is 0 Å². The van der Waals surface area contributed by atoms with Crippen LogP contribution >= 0.6 is 23.5 Å². The summed E-state index contributed by atoms with van der Waals surface area (Å²) in [5.41, 5.74) is 6.25. The molecular formula is C13H20N2OS2. The highest BCUT2D eigenvalue weighted by molar-refractivity contribution is 8.00. The Labute approximate surface area is 117 Å². The number of rotatable bonds is 9. The Balaban J connectivity index is 2.41. The van der Waals surface area contributed by atoms with Crippen LogP contribution in [0.5, 0.6) is 0 Å². The number of para-hydroxylation sites is 1. The number of anilines is 1. The third-order valence-corrected chi connectivity index (χ3v) is 4.14. The maximum Gasteiger partial charge on any atom is 0.227 e. The number of benzene rings is 1. The van der Waals surface area contributed by atoms with Crippen molar-refractivity contribution in [3.05, 3.63) is 24.3 Å². The highest BCUT2D eigenvalue weighted by Crippen LogP contribution is 2.26. The fourth-order valence-electron chi connectivity index (χ4n) is 1.48. The summed E-state index contributed by atoms with van der Waals surface area (Å²) in [5.74, 6) is 1.25. The average molecular weight is 284 g/mol. The predicted octanol–water partition coefficient (Wildman–Crippen LogP) is 2.82. The van der Waals surface area contributed by atoms with Crippen LogP contribution in [0.3, 0.4) is 0 Å². The standard InChI is InChI=1S/C13H20N2OS2/c1-17-9-5-4-8-15-11-6-2-3-7-12(11)18-10-13(14)16/h2-3,6-7,15H,4-5,8-10H2,1H3,(H2,14,16). The van der Waals surface area contributed by atoms with Crippen LogP contribution < -0.4 is 11.1 Å². The Morgan fingerprint density at radius 1 is 1.33 bits per heavy atom. The molecule has 0 aliphatic carbocycles. The van der Waals surface area contributed by atoms with E-state index in [4.69, 9.17) is 5.73 Å². The third-order valence-electron chi connectivity index (χ3n) is 2.35. The van der Waals surface area contributed by atoms with Crippen LogP contribution in [0.2, 0.25) is 0 Å². The van der Waals surface area contributed by atoms with Crippen LogP contribution in [0.15, 0.2) is 29.2 Å². The van der Waals surface area contributed by atoms with E-state index in [0.29, 0.717) is 5.75 Å². The van der Waals surface area contributed by atoms with Gasteiger partial charge in [-0.1, -0.05) is 12.1 Å². The van der Waals surface area contributed by atoms with Crippen molar-refractivity contribution in [3.8, 4) is 0 Å². The minimum Gasteiger partial charge on any atom is -0.384 e. The molecule has 18 heavy (non-hydrogen) atoms. The van der Waals surface area contributed by atoms with E-state index < -0.39 is 0 Å². The third kappa shape index (κ3) is 6.21. The molecule has 0 spiro atoms. The number of primary amides is 1. The first-order chi connectivity index (χ1) is 8.74. The molecular weight excluding hydrogens is 264 g/mol. The van der Waals surface area contributed by atoms with Crippen molar-refractivity contribution >= 4 is 35.1 Å². The van der Waals surface area contributed by atoms with E-state index in [2.05, 4.69) is 11.6 Å². The normalized spacial score (nSPS) is 10.3. The van der Waals surface area contributed by atoms with E-state index in [1.54, 1.807) is 0 Å². The molecule has 0 radical (unpaired) electrons. The van der Waals surface area contributed by atoms with Crippen molar-refractivity contribution in [2.24, 2.45) is 5.73 Å². The molecule has 0 aliphatic heterocycles. The molecule has 0 unspecified atom stereocenters. The van der Waals surface area contributed by atoms with Gasteiger partial charge in [-0.2, -0.15) is 11.8 Å². The van der Waals surface area contributed by atoms with Crippen LogP contribution in [-0.2, 0) is 4.79 Å². The van der Waals surface area contributed by atoms with Crippen LogP contribution in [-0.4, -0.2) is 30.2 Å². The molecule has 0 fully saturated rings. The summed E-state index contributed by atoms with van der Waals surface area (Å²) in [7, 11) is 0. The summed E-state index contributed by atoms with van der Waals surface area (Å²) in [6, 6.07) is 8.02. The molecule has 0 aromatic heterocycles. The van der Waals surface area contributed by atoms with Crippen LogP contribution in [0.1, 0.15) is 12.8 Å². The molecule has 1 aromatic carbocycles. The summed E-state index contributed by atoms with van der Waals surface area (Å²) in [5, 5.41) is 3.41. The Hall–Kier alpha value is -0.810. The highest BCUT2D eigenvalue weighted by Gasteiger charge is 2.03. The number of unbranched alkanes of at least 4 members (excludes halogenated alkanes) is 1. The molecule has 1 amide bonds. The zero-order chi connectivity index (χ0) is 13.2. The Kier molecular flexibility index (Phi) is 7.76. The molecule has 3 nitrogen and oxygen atoms in total. The van der Waals surface area contributed by atoms with Crippen molar-refractivity contribution < 1.29 is 4.79 Å². The van der Waals surface area contributed by atoms with Gasteiger partial charge < -0.3 is 11.1 Å². The van der Waals surface area contributed by atoms with Gasteiger partial charge in [0.1, 0.15) is 0 Å². The maximum absolute atomic E-state index is 10.8. The van der Waals surface area contributed by atoms with E-state index in [0.717, 1.165) is 23.5 Å². The van der Waals surface area contributed by atoms with Crippen molar-refractivity contribution in [1.29, 1.82) is 0 Å². The van der Waals surface area contributed by atoms with Gasteiger partial charge in [0.05, 0.1) is 5.75 Å². The zero-order valence-electron chi connectivity index (χ0n) is 10.6. The summed E-state index contributed by atoms with van der Waals surface area (Å²) in [4.78, 5) is 11.9. The highest BCUT2D eigenvalue weighted by atomic mass is 32.2. The van der Waals surface area contributed by atoms with Crippen molar-refractivity contribution in [2.75, 3.05) is 29.6 Å². The van der Waals surface area contributed by atoms with E-state index in [1.165, 1.54) is 23.9 Å². The molecule has 0 saturated heterocycles. The van der Waals surface area contributed by atoms with Crippen LogP contribution in [0.25, 0.3) is 0 Å². The van der Waals surface area contributed by atoms with Gasteiger partial charge in [-0.3, -0.25) is 4.79 Å². The second kappa shape index (κ2) is 9.16. The first-order valence-electron chi connectivity index (χ1n) is 5.97. The lowest BCUT2D eigenvalue weighted by atomic mass is 10.3. The van der Waals surface area contributed by atoms with E-state index in [9.17, 15) is 4.79 Å². The van der Waals surface area contributed by atoms with Gasteiger partial charge in [-0.05, 0) is 37.0 Å². The molecule has 0 saturated carbocycles. The molecule has 5 heteroatoms. The lowest BCUT2D eigenvalue weighted by Crippen LogP contribution is -2.13. The lowest BCUT2D eigenvalue weighted by Gasteiger charge is -2.10. The maximum atomic E-state index is 10.8. The second-order valence-corrected chi connectivity index (χ2v) is 5.88. The minimum atomic E-state index is -0.283. The number of thioether (sulfide) groups is 2. The Morgan fingerprint density at radius 2 is 2.11 bits per heavy atom. The monoisotopic (exact) mass is 284 g/mol. The van der Waals surface area contributed by atoms with E-state index in [1.807, 2.05) is 36.0 Å². The largest absolute Gasteiger partial charge is 0.384 e. The van der Waals surface area contributed by atoms with Gasteiger partial charge in [-0.25, -0.2) is 0 Å². The Morgan fingerprint density at radius 3 is 2.83 bits per heavy atom. The number of hydrogen-bond acceptors (Lipinski definition) is 4. The molecule has 0 aliphatic rings. The van der Waals surface area contributed by atoms with Crippen molar-refractivity contribution in [2.45, 2.75) is 17.7 Å². The first kappa shape index (κ1) is 15.2. The summed E-state index contributed by atoms with van der Waals surface area (Å²) in [6.45, 7) is 0.967. The Bertz CT molecular complexity index is 372. The predicted molar refractivity (Wildman–Crippen MR) is 82.5 cm³/mol. The van der Waals surface area contributed by atoms with Crippen molar-refractivity contribution in [1.82, 2.24) is 0 Å². The topological polar surface area (TPSA) is 55.1 Å². The molecule has 0 atom stereocenters. The molecule has 1 rings (SSSR count). The summed E-state index contributed by atoms with van der Waals surface area (Å²) in [6.07, 6.45) is 4.52. The number of nitrogens with one attached hydrogen (secondary N) is 1. The second-order valence-electron chi connectivity index (χ2n) is 3.88. The molecule has 0 bridgehead atoms. The molecule has 0 heterocycles. The zero-order valence-corrected chi connectivity index (χ0v) is 12.3. The number of amides is 1. The molecule has 3 N–H and O–H groups in total. The van der Waals surface area contributed by atoms with Gasteiger partial charge in [0.15, 0.2) is 0 Å². The quantitative estimate of drug-likeness (QED) is 0.541.